The number of carbonyl (C=O) groups is 1. The molecule has 0 aromatic heterocycles. The molecule has 2 aliphatic rings. The monoisotopic (exact) mass is 397 g/mol. The molecule has 2 aromatic carbocycles. The number of nitrogens with one attached hydrogen (secondary N) is 2. The number of hydrogen-bond acceptors (Lipinski definition) is 5. The molecule has 2 aromatic rings. The first kappa shape index (κ1) is 19.3. The van der Waals surface area contributed by atoms with Gasteiger partial charge < -0.3 is 10.1 Å². The van der Waals surface area contributed by atoms with E-state index in [4.69, 9.17) is 4.74 Å². The predicted octanol–water partition coefficient (Wildman–Crippen LogP) is 2.82. The molecule has 4 rings (SSSR count). The van der Waals surface area contributed by atoms with Crippen LogP contribution < -0.4 is 15.4 Å². The van der Waals surface area contributed by atoms with Crippen molar-refractivity contribution in [3.05, 3.63) is 65.7 Å². The minimum absolute atomic E-state index is 0.0196. The van der Waals surface area contributed by atoms with Gasteiger partial charge in [-0.2, -0.15) is 0 Å². The minimum Gasteiger partial charge on any atom is -0.497 e. The van der Waals surface area contributed by atoms with Crippen LogP contribution in [0.4, 0.5) is 0 Å². The fourth-order valence-electron chi connectivity index (χ4n) is 3.97. The van der Waals surface area contributed by atoms with Gasteiger partial charge in [0.05, 0.1) is 13.0 Å². The van der Waals surface area contributed by atoms with Gasteiger partial charge in [0, 0.05) is 31.4 Å². The highest BCUT2D eigenvalue weighted by molar-refractivity contribution is 7.99. The molecule has 2 aliphatic heterocycles. The number of piperidine rings is 1. The summed E-state index contributed by atoms with van der Waals surface area (Å²) >= 11 is 1.72. The van der Waals surface area contributed by atoms with Crippen molar-refractivity contribution < 1.29 is 9.53 Å². The zero-order valence-corrected chi connectivity index (χ0v) is 17.0. The highest BCUT2D eigenvalue weighted by Gasteiger charge is 2.39. The summed E-state index contributed by atoms with van der Waals surface area (Å²) in [5, 5.41) is 6.80. The van der Waals surface area contributed by atoms with Gasteiger partial charge in [0.25, 0.3) is 0 Å². The third-order valence-corrected chi connectivity index (χ3v) is 6.56. The Morgan fingerprint density at radius 1 is 1.14 bits per heavy atom. The van der Waals surface area contributed by atoms with Gasteiger partial charge in [-0.3, -0.25) is 15.0 Å². The number of benzene rings is 2. The Bertz CT molecular complexity index is 801. The Balaban J connectivity index is 1.30. The van der Waals surface area contributed by atoms with E-state index < -0.39 is 0 Å². The van der Waals surface area contributed by atoms with Crippen LogP contribution in [0.25, 0.3) is 0 Å². The second-order valence-electron chi connectivity index (χ2n) is 7.44. The largest absolute Gasteiger partial charge is 0.497 e. The molecule has 2 saturated heterocycles. The fraction of sp³-hybridized carbons (Fsp3) is 0.409. The van der Waals surface area contributed by atoms with Gasteiger partial charge in [-0.1, -0.05) is 42.5 Å². The van der Waals surface area contributed by atoms with Crippen molar-refractivity contribution in [3.8, 4) is 5.75 Å². The summed E-state index contributed by atoms with van der Waals surface area (Å²) < 4.78 is 5.29. The number of carbonyl (C=O) groups excluding carboxylic acids is 1. The predicted molar refractivity (Wildman–Crippen MR) is 113 cm³/mol. The summed E-state index contributed by atoms with van der Waals surface area (Å²) in [6, 6.07) is 18.8. The maximum Gasteiger partial charge on any atom is 0.227 e. The Kier molecular flexibility index (Phi) is 6.20. The van der Waals surface area contributed by atoms with Gasteiger partial charge in [0.1, 0.15) is 11.2 Å². The second-order valence-corrected chi connectivity index (χ2v) is 8.53. The zero-order chi connectivity index (χ0) is 19.3. The standard InChI is InChI=1S/C22H27N3O2S/c1-27-18-9-5-8-17(12-18)15-28-22-23-20-10-11-25(14-19(20)21(26)24-22)13-16-6-3-2-4-7-16/h2-9,12,19-20,22-23H,10-11,13-15H2,1H3,(H,24,26). The van der Waals surface area contributed by atoms with E-state index >= 15 is 0 Å². The summed E-state index contributed by atoms with van der Waals surface area (Å²) in [6.07, 6.45) is 1.00. The minimum atomic E-state index is -0.0411. The van der Waals surface area contributed by atoms with Gasteiger partial charge in [0.2, 0.25) is 5.91 Å². The molecule has 0 radical (unpaired) electrons. The lowest BCUT2D eigenvalue weighted by molar-refractivity contribution is -0.130. The molecule has 2 fully saturated rings. The quantitative estimate of drug-likeness (QED) is 0.785. The van der Waals surface area contributed by atoms with E-state index in [2.05, 4.69) is 45.9 Å². The average Bonchev–Trinajstić information content (AvgIpc) is 2.73. The van der Waals surface area contributed by atoms with Crippen LogP contribution in [0.3, 0.4) is 0 Å². The highest BCUT2D eigenvalue weighted by atomic mass is 32.2. The van der Waals surface area contributed by atoms with Crippen molar-refractivity contribution in [2.45, 2.75) is 30.3 Å². The maximum absolute atomic E-state index is 12.7. The molecule has 28 heavy (non-hydrogen) atoms. The van der Waals surface area contributed by atoms with Gasteiger partial charge in [-0.05, 0) is 29.7 Å². The van der Waals surface area contributed by atoms with E-state index in [1.54, 1.807) is 18.9 Å². The molecule has 0 spiro atoms. The molecule has 3 atom stereocenters. The zero-order valence-electron chi connectivity index (χ0n) is 16.1. The SMILES string of the molecule is COc1cccc(CSC2NC(=O)C3CN(Cc4ccccc4)CCC3N2)c1. The second kappa shape index (κ2) is 8.99. The molecule has 0 aliphatic carbocycles. The van der Waals surface area contributed by atoms with Gasteiger partial charge in [0.15, 0.2) is 0 Å². The van der Waals surface area contributed by atoms with Crippen LogP contribution in [0.2, 0.25) is 0 Å². The molecule has 0 saturated carbocycles. The third-order valence-electron chi connectivity index (χ3n) is 5.47. The lowest BCUT2D eigenvalue weighted by Crippen LogP contribution is -2.64. The van der Waals surface area contributed by atoms with Crippen LogP contribution in [0, 0.1) is 5.92 Å². The lowest BCUT2D eigenvalue weighted by atomic mass is 9.89. The number of fused-ring (bicyclic) bond motifs is 1. The van der Waals surface area contributed by atoms with Crippen molar-refractivity contribution in [1.82, 2.24) is 15.5 Å². The molecular weight excluding hydrogens is 370 g/mol. The van der Waals surface area contributed by atoms with Crippen molar-refractivity contribution in [1.29, 1.82) is 0 Å². The fourth-order valence-corrected chi connectivity index (χ4v) is 4.98. The number of methoxy groups -OCH3 is 1. The molecule has 0 bridgehead atoms. The third kappa shape index (κ3) is 4.69. The number of ether oxygens (including phenoxy) is 1. The molecule has 2 heterocycles. The van der Waals surface area contributed by atoms with Crippen LogP contribution in [0.5, 0.6) is 5.75 Å². The normalized spacial score (nSPS) is 25.0. The number of nitrogens with zero attached hydrogens (tertiary/aromatic N) is 1. The van der Waals surface area contributed by atoms with Crippen LogP contribution in [-0.2, 0) is 17.1 Å². The Morgan fingerprint density at radius 3 is 2.79 bits per heavy atom. The number of rotatable bonds is 6. The summed E-state index contributed by atoms with van der Waals surface area (Å²) in [7, 11) is 1.68. The first-order valence-electron chi connectivity index (χ1n) is 9.78. The smallest absolute Gasteiger partial charge is 0.227 e. The summed E-state index contributed by atoms with van der Waals surface area (Å²) in [5.74, 6) is 1.88. The first-order valence-corrected chi connectivity index (χ1v) is 10.8. The van der Waals surface area contributed by atoms with Crippen molar-refractivity contribution >= 4 is 17.7 Å². The van der Waals surface area contributed by atoms with Gasteiger partial charge in [-0.25, -0.2) is 0 Å². The van der Waals surface area contributed by atoms with E-state index in [0.29, 0.717) is 0 Å². The van der Waals surface area contributed by atoms with Gasteiger partial charge in [-0.15, -0.1) is 11.8 Å². The Labute approximate surface area is 170 Å². The van der Waals surface area contributed by atoms with Crippen LogP contribution in [0.15, 0.2) is 54.6 Å². The highest BCUT2D eigenvalue weighted by Crippen LogP contribution is 2.27. The van der Waals surface area contributed by atoms with E-state index in [9.17, 15) is 4.79 Å². The average molecular weight is 398 g/mol. The number of hydrogen-bond donors (Lipinski definition) is 2. The van der Waals surface area contributed by atoms with E-state index in [0.717, 1.165) is 37.6 Å². The van der Waals surface area contributed by atoms with Crippen LogP contribution in [-0.4, -0.2) is 42.5 Å². The first-order chi connectivity index (χ1) is 13.7. The topological polar surface area (TPSA) is 53.6 Å². The molecule has 2 N–H and O–H groups in total. The molecule has 5 nitrogen and oxygen atoms in total. The molecular formula is C22H27N3O2S. The van der Waals surface area contributed by atoms with E-state index in [-0.39, 0.29) is 23.4 Å². The van der Waals surface area contributed by atoms with Crippen molar-refractivity contribution in [2.75, 3.05) is 20.2 Å². The lowest BCUT2D eigenvalue weighted by Gasteiger charge is -2.43. The number of amides is 1. The molecule has 148 valence electrons. The maximum atomic E-state index is 12.7. The van der Waals surface area contributed by atoms with Crippen molar-refractivity contribution in [3.63, 3.8) is 0 Å². The Hall–Kier alpha value is -2.02. The molecule has 3 unspecified atom stereocenters. The number of likely N-dealkylation sites (tertiary alicyclic amines) is 1. The summed E-state index contributed by atoms with van der Waals surface area (Å²) in [5.41, 5.74) is 2.46. The van der Waals surface area contributed by atoms with Crippen LogP contribution >= 0.6 is 11.8 Å². The van der Waals surface area contributed by atoms with Gasteiger partial charge >= 0.3 is 0 Å². The van der Waals surface area contributed by atoms with Crippen LogP contribution in [0.1, 0.15) is 17.5 Å². The number of thioether (sulfide) groups is 1. The summed E-state index contributed by atoms with van der Waals surface area (Å²) in [4.78, 5) is 15.1. The van der Waals surface area contributed by atoms with E-state index in [1.165, 1.54) is 11.1 Å². The Morgan fingerprint density at radius 2 is 1.96 bits per heavy atom. The summed E-state index contributed by atoms with van der Waals surface area (Å²) in [6.45, 7) is 2.74. The molecule has 6 heteroatoms. The van der Waals surface area contributed by atoms with E-state index in [1.807, 2.05) is 24.3 Å². The van der Waals surface area contributed by atoms with Crippen molar-refractivity contribution in [2.24, 2.45) is 5.92 Å². The molecule has 1 amide bonds.